The van der Waals surface area contributed by atoms with Gasteiger partial charge in [0.2, 0.25) is 0 Å². The van der Waals surface area contributed by atoms with Gasteiger partial charge in [-0.3, -0.25) is 9.79 Å². The van der Waals surface area contributed by atoms with E-state index in [2.05, 4.69) is 17.1 Å². The highest BCUT2D eigenvalue weighted by molar-refractivity contribution is 6.11. The third-order valence-electron chi connectivity index (χ3n) is 5.69. The van der Waals surface area contributed by atoms with Crippen molar-refractivity contribution < 1.29 is 14.3 Å². The van der Waals surface area contributed by atoms with Gasteiger partial charge in [0.15, 0.2) is 0 Å². The molecule has 142 valence electrons. The quantitative estimate of drug-likeness (QED) is 0.732. The Balaban J connectivity index is 1.79. The van der Waals surface area contributed by atoms with Gasteiger partial charge in [0, 0.05) is 23.7 Å². The number of aliphatic imine (C=N–C) groups is 1. The molecule has 1 aliphatic heterocycles. The first kappa shape index (κ1) is 18.4. The molecular formula is C24H23NO3. The highest BCUT2D eigenvalue weighted by Gasteiger charge is 2.43. The van der Waals surface area contributed by atoms with Gasteiger partial charge in [-0.2, -0.15) is 0 Å². The lowest BCUT2D eigenvalue weighted by molar-refractivity contribution is -0.136. The van der Waals surface area contributed by atoms with Gasteiger partial charge in [-0.25, -0.2) is 4.79 Å². The Morgan fingerprint density at radius 3 is 2.32 bits per heavy atom. The van der Waals surface area contributed by atoms with Gasteiger partial charge < -0.3 is 4.74 Å². The zero-order chi connectivity index (χ0) is 19.7. The molecule has 1 aliphatic carbocycles. The summed E-state index contributed by atoms with van der Waals surface area (Å²) in [4.78, 5) is 30.0. The summed E-state index contributed by atoms with van der Waals surface area (Å²) in [5, 5.41) is 0. The molecule has 0 bridgehead atoms. The van der Waals surface area contributed by atoms with Crippen molar-refractivity contribution in [3.63, 3.8) is 0 Å². The molecule has 0 amide bonds. The van der Waals surface area contributed by atoms with Crippen LogP contribution in [0.1, 0.15) is 37.7 Å². The molecular weight excluding hydrogens is 350 g/mol. The molecule has 4 rings (SSSR count). The van der Waals surface area contributed by atoms with Crippen LogP contribution < -0.4 is 0 Å². The number of ketones is 1. The van der Waals surface area contributed by atoms with Crippen LogP contribution in [0.25, 0.3) is 11.1 Å². The molecule has 0 spiro atoms. The van der Waals surface area contributed by atoms with E-state index in [1.165, 1.54) is 7.11 Å². The van der Waals surface area contributed by atoms with Crippen LogP contribution in [-0.2, 0) is 14.3 Å². The molecule has 2 atom stereocenters. The SMILES string of the molecule is COC(=O)C1=C(C)N=C2CCCC(=O)C2C1c1ccc(-c2ccccc2)cc1. The maximum absolute atomic E-state index is 12.8. The van der Waals surface area contributed by atoms with E-state index in [-0.39, 0.29) is 17.6 Å². The molecule has 28 heavy (non-hydrogen) atoms. The van der Waals surface area contributed by atoms with Crippen LogP contribution >= 0.6 is 0 Å². The first-order chi connectivity index (χ1) is 13.6. The lowest BCUT2D eigenvalue weighted by Gasteiger charge is -2.35. The minimum atomic E-state index is -0.407. The number of nitrogens with zero attached hydrogens (tertiary/aromatic N) is 1. The zero-order valence-electron chi connectivity index (χ0n) is 16.1. The van der Waals surface area contributed by atoms with Gasteiger partial charge in [-0.1, -0.05) is 54.6 Å². The van der Waals surface area contributed by atoms with E-state index < -0.39 is 5.97 Å². The number of Topliss-reactive ketones (excluding diaryl/α,β-unsaturated/α-hetero) is 1. The number of hydrogen-bond acceptors (Lipinski definition) is 4. The molecule has 4 heteroatoms. The van der Waals surface area contributed by atoms with E-state index in [0.29, 0.717) is 17.7 Å². The Hall–Kier alpha value is -3.01. The van der Waals surface area contributed by atoms with Crippen molar-refractivity contribution in [2.24, 2.45) is 10.9 Å². The Labute approximate surface area is 164 Å². The second-order valence-corrected chi connectivity index (χ2v) is 7.36. The lowest BCUT2D eigenvalue weighted by atomic mass is 9.69. The van der Waals surface area contributed by atoms with Gasteiger partial charge in [0.05, 0.1) is 18.6 Å². The summed E-state index contributed by atoms with van der Waals surface area (Å²) in [7, 11) is 1.38. The van der Waals surface area contributed by atoms with Crippen molar-refractivity contribution in [2.75, 3.05) is 7.11 Å². The number of ether oxygens (including phenoxy) is 1. The zero-order valence-corrected chi connectivity index (χ0v) is 16.1. The van der Waals surface area contributed by atoms with E-state index in [1.807, 2.05) is 49.4 Å². The lowest BCUT2D eigenvalue weighted by Crippen LogP contribution is -2.38. The second kappa shape index (κ2) is 7.55. The summed E-state index contributed by atoms with van der Waals surface area (Å²) in [6.07, 6.45) is 2.17. The van der Waals surface area contributed by atoms with Crippen LogP contribution in [0.5, 0.6) is 0 Å². The maximum Gasteiger partial charge on any atom is 0.336 e. The standard InChI is InChI=1S/C24H23NO3/c1-15-21(24(27)28-2)22(23-19(25-15)9-6-10-20(23)26)18-13-11-17(12-14-18)16-7-4-3-5-8-16/h3-5,7-8,11-14,22-23H,6,9-10H2,1-2H3. The van der Waals surface area contributed by atoms with Crippen LogP contribution in [0.2, 0.25) is 0 Å². The van der Waals surface area contributed by atoms with Crippen LogP contribution in [0, 0.1) is 5.92 Å². The molecule has 1 fully saturated rings. The molecule has 1 saturated carbocycles. The number of allylic oxidation sites excluding steroid dienone is 1. The van der Waals surface area contributed by atoms with E-state index in [9.17, 15) is 9.59 Å². The summed E-state index contributed by atoms with van der Waals surface area (Å²) in [5.74, 6) is -0.946. The molecule has 0 aromatic heterocycles. The molecule has 2 aromatic rings. The van der Waals surface area contributed by atoms with Crippen molar-refractivity contribution in [2.45, 2.75) is 32.1 Å². The highest BCUT2D eigenvalue weighted by atomic mass is 16.5. The summed E-state index contributed by atoms with van der Waals surface area (Å²) in [6, 6.07) is 18.3. The Bertz CT molecular complexity index is 971. The molecule has 2 unspecified atom stereocenters. The summed E-state index contributed by atoms with van der Waals surface area (Å²) < 4.78 is 5.04. The van der Waals surface area contributed by atoms with Gasteiger partial charge >= 0.3 is 5.97 Å². The van der Waals surface area contributed by atoms with Crippen LogP contribution in [0.4, 0.5) is 0 Å². The average molecular weight is 373 g/mol. The third kappa shape index (κ3) is 3.19. The maximum atomic E-state index is 12.8. The van der Waals surface area contributed by atoms with Crippen molar-refractivity contribution in [1.29, 1.82) is 0 Å². The van der Waals surface area contributed by atoms with E-state index >= 15 is 0 Å². The predicted molar refractivity (Wildman–Crippen MR) is 109 cm³/mol. The van der Waals surface area contributed by atoms with Crippen molar-refractivity contribution in [3.05, 3.63) is 71.4 Å². The molecule has 0 radical (unpaired) electrons. The summed E-state index contributed by atoms with van der Waals surface area (Å²) in [5.41, 5.74) is 5.24. The van der Waals surface area contributed by atoms with Gasteiger partial charge in [0.25, 0.3) is 0 Å². The number of benzene rings is 2. The fourth-order valence-corrected chi connectivity index (χ4v) is 4.37. The predicted octanol–water partition coefficient (Wildman–Crippen LogP) is 4.71. The molecule has 4 nitrogen and oxygen atoms in total. The topological polar surface area (TPSA) is 55.7 Å². The molecule has 2 aliphatic rings. The van der Waals surface area contributed by atoms with Crippen molar-refractivity contribution in [3.8, 4) is 11.1 Å². The number of fused-ring (bicyclic) bond motifs is 1. The molecule has 2 aromatic carbocycles. The highest BCUT2D eigenvalue weighted by Crippen LogP contribution is 2.43. The van der Waals surface area contributed by atoms with E-state index in [4.69, 9.17) is 4.74 Å². The molecule has 1 heterocycles. The normalized spacial score (nSPS) is 21.8. The minimum absolute atomic E-state index is 0.163. The van der Waals surface area contributed by atoms with Crippen LogP contribution in [0.3, 0.4) is 0 Å². The Morgan fingerprint density at radius 2 is 1.64 bits per heavy atom. The summed E-state index contributed by atoms with van der Waals surface area (Å²) >= 11 is 0. The van der Waals surface area contributed by atoms with Crippen LogP contribution in [-0.4, -0.2) is 24.6 Å². The van der Waals surface area contributed by atoms with E-state index in [0.717, 1.165) is 35.2 Å². The first-order valence-electron chi connectivity index (χ1n) is 9.65. The molecule has 0 saturated heterocycles. The fourth-order valence-electron chi connectivity index (χ4n) is 4.37. The summed E-state index contributed by atoms with van der Waals surface area (Å²) in [6.45, 7) is 1.83. The minimum Gasteiger partial charge on any atom is -0.466 e. The smallest absolute Gasteiger partial charge is 0.336 e. The van der Waals surface area contributed by atoms with E-state index in [1.54, 1.807) is 0 Å². The van der Waals surface area contributed by atoms with Gasteiger partial charge in [0.1, 0.15) is 5.78 Å². The van der Waals surface area contributed by atoms with Crippen LogP contribution in [0.15, 0.2) is 70.9 Å². The average Bonchev–Trinajstić information content (AvgIpc) is 2.73. The third-order valence-corrected chi connectivity index (χ3v) is 5.69. The number of methoxy groups -OCH3 is 1. The van der Waals surface area contributed by atoms with Crippen molar-refractivity contribution >= 4 is 17.5 Å². The van der Waals surface area contributed by atoms with Crippen molar-refractivity contribution in [1.82, 2.24) is 0 Å². The second-order valence-electron chi connectivity index (χ2n) is 7.36. The number of hydrogen-bond donors (Lipinski definition) is 0. The number of rotatable bonds is 3. The Morgan fingerprint density at radius 1 is 0.964 bits per heavy atom. The monoisotopic (exact) mass is 373 g/mol. The van der Waals surface area contributed by atoms with Gasteiger partial charge in [-0.15, -0.1) is 0 Å². The number of carbonyl (C=O) groups excluding carboxylic acids is 2. The molecule has 0 N–H and O–H groups in total. The van der Waals surface area contributed by atoms with Gasteiger partial charge in [-0.05, 0) is 36.5 Å². The number of carbonyl (C=O) groups is 2. The number of esters is 1. The first-order valence-corrected chi connectivity index (χ1v) is 9.65. The fraction of sp³-hybridized carbons (Fsp3) is 0.292. The largest absolute Gasteiger partial charge is 0.466 e. The Kier molecular flexibility index (Phi) is 4.95.